The number of carbonyl (C=O) groups is 1. The molecule has 0 amide bonds. The highest BCUT2D eigenvalue weighted by molar-refractivity contribution is 7.80. The molecule has 25 heavy (non-hydrogen) atoms. The van der Waals surface area contributed by atoms with E-state index in [4.69, 9.17) is 17.0 Å². The van der Waals surface area contributed by atoms with Gasteiger partial charge in [-0.05, 0) is 67.4 Å². The number of ether oxygens (including phenoxy) is 1. The number of esters is 1. The van der Waals surface area contributed by atoms with Crippen LogP contribution in [0.15, 0.2) is 42.5 Å². The van der Waals surface area contributed by atoms with Gasteiger partial charge in [-0.25, -0.2) is 4.79 Å². The third-order valence-corrected chi connectivity index (χ3v) is 4.41. The van der Waals surface area contributed by atoms with E-state index >= 15 is 0 Å². The van der Waals surface area contributed by atoms with Crippen LogP contribution in [0, 0.1) is 13.8 Å². The van der Waals surface area contributed by atoms with Crippen LogP contribution in [0.3, 0.4) is 0 Å². The number of aryl methyl sites for hydroxylation is 2. The molecule has 4 nitrogen and oxygen atoms in total. The molecule has 2 aromatic rings. The highest BCUT2D eigenvalue weighted by Gasteiger charge is 2.12. The molecule has 0 radical (unpaired) electrons. The van der Waals surface area contributed by atoms with Crippen molar-refractivity contribution in [2.75, 3.05) is 12.4 Å². The Morgan fingerprint density at radius 3 is 2.56 bits per heavy atom. The first-order valence-corrected chi connectivity index (χ1v) is 8.68. The molecule has 0 aliphatic rings. The number of rotatable bonds is 5. The lowest BCUT2D eigenvalue weighted by Crippen LogP contribution is -2.32. The lowest BCUT2D eigenvalue weighted by molar-refractivity contribution is 0.0601. The minimum Gasteiger partial charge on any atom is -0.465 e. The smallest absolute Gasteiger partial charge is 0.337 e. The zero-order valence-corrected chi connectivity index (χ0v) is 15.9. The number of carbonyl (C=O) groups excluding carboxylic acids is 1. The van der Waals surface area contributed by atoms with E-state index in [1.165, 1.54) is 23.8 Å². The van der Waals surface area contributed by atoms with Crippen molar-refractivity contribution in [3.05, 3.63) is 64.7 Å². The Bertz CT molecular complexity index is 774. The molecular weight excluding hydrogens is 332 g/mol. The summed E-state index contributed by atoms with van der Waals surface area (Å²) in [5.74, 6) is -0.371. The normalized spacial score (nSPS) is 11.5. The second kappa shape index (κ2) is 8.62. The van der Waals surface area contributed by atoms with Crippen LogP contribution in [-0.4, -0.2) is 18.2 Å². The predicted octanol–water partition coefficient (Wildman–Crippen LogP) is 4.53. The molecule has 0 fully saturated rings. The first-order valence-electron chi connectivity index (χ1n) is 8.27. The molecule has 0 aliphatic heterocycles. The monoisotopic (exact) mass is 356 g/mol. The second-order valence-corrected chi connectivity index (χ2v) is 6.38. The van der Waals surface area contributed by atoms with Crippen LogP contribution in [-0.2, 0) is 4.74 Å². The van der Waals surface area contributed by atoms with Crippen LogP contribution < -0.4 is 10.6 Å². The first kappa shape index (κ1) is 18.9. The van der Waals surface area contributed by atoms with E-state index in [1.54, 1.807) is 18.2 Å². The summed E-state index contributed by atoms with van der Waals surface area (Å²) >= 11 is 5.44. The lowest BCUT2D eigenvalue weighted by Gasteiger charge is -2.21. The maximum Gasteiger partial charge on any atom is 0.337 e. The van der Waals surface area contributed by atoms with E-state index in [2.05, 4.69) is 49.6 Å². The maximum absolute atomic E-state index is 11.6. The number of anilines is 1. The largest absolute Gasteiger partial charge is 0.465 e. The fourth-order valence-electron chi connectivity index (χ4n) is 2.57. The molecule has 5 heteroatoms. The van der Waals surface area contributed by atoms with E-state index in [0.29, 0.717) is 10.7 Å². The van der Waals surface area contributed by atoms with Gasteiger partial charge in [-0.3, -0.25) is 0 Å². The number of thiocarbonyl (C=S) groups is 1. The molecule has 1 atom stereocenters. The topological polar surface area (TPSA) is 50.4 Å². The van der Waals surface area contributed by atoms with Crippen molar-refractivity contribution < 1.29 is 9.53 Å². The van der Waals surface area contributed by atoms with Gasteiger partial charge >= 0.3 is 5.97 Å². The van der Waals surface area contributed by atoms with Crippen LogP contribution in [0.25, 0.3) is 0 Å². The molecule has 132 valence electrons. The van der Waals surface area contributed by atoms with Gasteiger partial charge in [0.15, 0.2) is 5.11 Å². The molecular formula is C20H24N2O2S. The van der Waals surface area contributed by atoms with Crippen molar-refractivity contribution in [2.45, 2.75) is 33.2 Å². The molecule has 0 heterocycles. The Labute approximate surface area is 154 Å². The predicted molar refractivity (Wildman–Crippen MR) is 106 cm³/mol. The number of benzene rings is 2. The van der Waals surface area contributed by atoms with Gasteiger partial charge in [-0.1, -0.05) is 31.2 Å². The highest BCUT2D eigenvalue weighted by atomic mass is 32.1. The van der Waals surface area contributed by atoms with Gasteiger partial charge in [0, 0.05) is 5.69 Å². The minimum absolute atomic E-state index is 0.128. The molecule has 2 N–H and O–H groups in total. The van der Waals surface area contributed by atoms with Gasteiger partial charge in [0.25, 0.3) is 0 Å². The number of hydrogen-bond acceptors (Lipinski definition) is 3. The SMILES string of the molecule is CCC(NC(=S)Nc1cccc(C(=O)OC)c1)c1ccc(C)c(C)c1. The van der Waals surface area contributed by atoms with Crippen LogP contribution in [0.4, 0.5) is 5.69 Å². The molecule has 2 rings (SSSR count). The zero-order chi connectivity index (χ0) is 18.4. The lowest BCUT2D eigenvalue weighted by atomic mass is 9.99. The summed E-state index contributed by atoms with van der Waals surface area (Å²) in [4.78, 5) is 11.6. The van der Waals surface area contributed by atoms with Crippen molar-refractivity contribution in [3.8, 4) is 0 Å². The molecule has 0 spiro atoms. The number of methoxy groups -OCH3 is 1. The van der Waals surface area contributed by atoms with Crippen molar-refractivity contribution in [1.29, 1.82) is 0 Å². The summed E-state index contributed by atoms with van der Waals surface area (Å²) in [5.41, 5.74) is 4.98. The molecule has 1 unspecified atom stereocenters. The standard InChI is InChI=1S/C20H24N2O2S/c1-5-18(15-10-9-13(2)14(3)11-15)22-20(25)21-17-8-6-7-16(12-17)19(23)24-4/h6-12,18H,5H2,1-4H3,(H2,21,22,25). The van der Waals surface area contributed by atoms with Crippen LogP contribution in [0.5, 0.6) is 0 Å². The van der Waals surface area contributed by atoms with Crippen molar-refractivity contribution in [1.82, 2.24) is 5.32 Å². The van der Waals surface area contributed by atoms with Crippen molar-refractivity contribution >= 4 is 29.0 Å². The van der Waals surface area contributed by atoms with Gasteiger partial charge in [0.1, 0.15) is 0 Å². The van der Waals surface area contributed by atoms with Gasteiger partial charge in [-0.15, -0.1) is 0 Å². The fraction of sp³-hybridized carbons (Fsp3) is 0.300. The maximum atomic E-state index is 11.6. The first-order chi connectivity index (χ1) is 11.9. The Hall–Kier alpha value is -2.40. The van der Waals surface area contributed by atoms with Gasteiger partial charge in [0.05, 0.1) is 18.7 Å². The highest BCUT2D eigenvalue weighted by Crippen LogP contribution is 2.20. The van der Waals surface area contributed by atoms with Crippen molar-refractivity contribution in [2.24, 2.45) is 0 Å². The molecule has 0 saturated carbocycles. The Balaban J connectivity index is 2.07. The van der Waals surface area contributed by atoms with Gasteiger partial charge < -0.3 is 15.4 Å². The molecule has 0 aromatic heterocycles. The van der Waals surface area contributed by atoms with Crippen LogP contribution in [0.1, 0.15) is 46.4 Å². The average Bonchev–Trinajstić information content (AvgIpc) is 2.61. The summed E-state index contributed by atoms with van der Waals surface area (Å²) in [6, 6.07) is 13.7. The molecule has 0 aliphatic carbocycles. The summed E-state index contributed by atoms with van der Waals surface area (Å²) in [5, 5.41) is 7.00. The quantitative estimate of drug-likeness (QED) is 0.609. The summed E-state index contributed by atoms with van der Waals surface area (Å²) in [7, 11) is 1.37. The Kier molecular flexibility index (Phi) is 6.53. The van der Waals surface area contributed by atoms with E-state index in [-0.39, 0.29) is 12.0 Å². The third-order valence-electron chi connectivity index (χ3n) is 4.19. The molecule has 0 saturated heterocycles. The number of hydrogen-bond donors (Lipinski definition) is 2. The summed E-state index contributed by atoms with van der Waals surface area (Å²) in [6.07, 6.45) is 0.909. The Morgan fingerprint density at radius 2 is 1.92 bits per heavy atom. The van der Waals surface area contributed by atoms with Gasteiger partial charge in [0.2, 0.25) is 0 Å². The van der Waals surface area contributed by atoms with Gasteiger partial charge in [-0.2, -0.15) is 0 Å². The number of nitrogens with one attached hydrogen (secondary N) is 2. The van der Waals surface area contributed by atoms with E-state index in [0.717, 1.165) is 12.1 Å². The van der Waals surface area contributed by atoms with Crippen molar-refractivity contribution in [3.63, 3.8) is 0 Å². The second-order valence-electron chi connectivity index (χ2n) is 5.98. The third kappa shape index (κ3) is 5.03. The minimum atomic E-state index is -0.371. The van der Waals surface area contributed by atoms with E-state index < -0.39 is 0 Å². The van der Waals surface area contributed by atoms with E-state index in [1.807, 2.05) is 6.07 Å². The van der Waals surface area contributed by atoms with Crippen LogP contribution in [0.2, 0.25) is 0 Å². The average molecular weight is 356 g/mol. The molecule has 0 bridgehead atoms. The summed E-state index contributed by atoms with van der Waals surface area (Å²) in [6.45, 7) is 6.34. The Morgan fingerprint density at radius 1 is 1.16 bits per heavy atom. The fourth-order valence-corrected chi connectivity index (χ4v) is 2.83. The summed E-state index contributed by atoms with van der Waals surface area (Å²) < 4.78 is 4.74. The molecule has 2 aromatic carbocycles. The van der Waals surface area contributed by atoms with E-state index in [9.17, 15) is 4.79 Å². The van der Waals surface area contributed by atoms with Crippen LogP contribution >= 0.6 is 12.2 Å². The zero-order valence-electron chi connectivity index (χ0n) is 15.1.